The van der Waals surface area contributed by atoms with Crippen molar-refractivity contribution in [3.8, 4) is 11.5 Å². The van der Waals surface area contributed by atoms with Gasteiger partial charge in [-0.15, -0.1) is 0 Å². The van der Waals surface area contributed by atoms with Crippen LogP contribution in [0.3, 0.4) is 0 Å². The van der Waals surface area contributed by atoms with Gasteiger partial charge in [0.15, 0.2) is 11.5 Å². The van der Waals surface area contributed by atoms with Crippen LogP contribution in [0.1, 0.15) is 13.8 Å². The van der Waals surface area contributed by atoms with Gasteiger partial charge in [0.1, 0.15) is 0 Å². The number of carbonyl (C=O) groups excluding carboxylic acids is 1. The number of hydrogen-bond donors (Lipinski definition) is 1. The lowest BCUT2D eigenvalue weighted by Gasteiger charge is -2.18. The van der Waals surface area contributed by atoms with Crippen LogP contribution in [0, 0.1) is 5.92 Å². The number of carbonyl (C=O) groups is 1. The Kier molecular flexibility index (Phi) is 6.83. The fraction of sp³-hybridized carbons (Fsp3) is 0.533. The lowest BCUT2D eigenvalue weighted by Crippen LogP contribution is -2.39. The van der Waals surface area contributed by atoms with Gasteiger partial charge in [-0.3, -0.25) is 4.79 Å². The molecule has 1 aromatic carbocycles. The average Bonchev–Trinajstić information content (AvgIpc) is 2.51. The van der Waals surface area contributed by atoms with Crippen molar-refractivity contribution in [2.45, 2.75) is 18.7 Å². The zero-order chi connectivity index (χ0) is 17.6. The summed E-state index contributed by atoms with van der Waals surface area (Å²) in [4.78, 5) is 11.8. The molecule has 1 N–H and O–H groups in total. The molecule has 0 spiro atoms. The largest absolute Gasteiger partial charge is 0.493 e. The molecule has 7 nitrogen and oxygen atoms in total. The summed E-state index contributed by atoms with van der Waals surface area (Å²) in [6.07, 6.45) is 0. The summed E-state index contributed by atoms with van der Waals surface area (Å²) >= 11 is 0. The zero-order valence-corrected chi connectivity index (χ0v) is 14.9. The highest BCUT2D eigenvalue weighted by Gasteiger charge is 2.24. The summed E-state index contributed by atoms with van der Waals surface area (Å²) in [6.45, 7) is 4.18. The van der Waals surface area contributed by atoms with Gasteiger partial charge in [-0.05, 0) is 18.1 Å². The predicted octanol–water partition coefficient (Wildman–Crippen LogP) is 1.10. The van der Waals surface area contributed by atoms with E-state index >= 15 is 0 Å². The second-order valence-electron chi connectivity index (χ2n) is 5.48. The van der Waals surface area contributed by atoms with Crippen LogP contribution in [0.25, 0.3) is 0 Å². The first-order valence-corrected chi connectivity index (χ1v) is 8.61. The maximum Gasteiger partial charge on any atom is 0.243 e. The summed E-state index contributed by atoms with van der Waals surface area (Å²) in [6, 6.07) is 4.30. The SMILES string of the molecule is COc1ccc(S(=O)(=O)N(C)CC(=O)NCC(C)C)cc1OC. The normalized spacial score (nSPS) is 11.6. The van der Waals surface area contributed by atoms with Gasteiger partial charge in [-0.1, -0.05) is 13.8 Å². The third-order valence-corrected chi connectivity index (χ3v) is 4.94. The lowest BCUT2D eigenvalue weighted by molar-refractivity contribution is -0.121. The number of likely N-dealkylation sites (N-methyl/N-ethyl adjacent to an activating group) is 1. The Morgan fingerprint density at radius 3 is 2.35 bits per heavy atom. The first-order chi connectivity index (χ1) is 10.7. The van der Waals surface area contributed by atoms with Crippen LogP contribution < -0.4 is 14.8 Å². The van der Waals surface area contributed by atoms with Crippen LogP contribution in [-0.2, 0) is 14.8 Å². The Morgan fingerprint density at radius 1 is 1.22 bits per heavy atom. The zero-order valence-electron chi connectivity index (χ0n) is 14.1. The van der Waals surface area contributed by atoms with Gasteiger partial charge in [0, 0.05) is 19.7 Å². The number of nitrogens with one attached hydrogen (secondary N) is 1. The molecule has 0 radical (unpaired) electrons. The fourth-order valence-corrected chi connectivity index (χ4v) is 2.96. The van der Waals surface area contributed by atoms with Crippen molar-refractivity contribution in [1.29, 1.82) is 0 Å². The molecule has 0 bridgehead atoms. The molecule has 130 valence electrons. The van der Waals surface area contributed by atoms with Crippen LogP contribution in [0.4, 0.5) is 0 Å². The number of amides is 1. The van der Waals surface area contributed by atoms with Crippen molar-refractivity contribution in [3.05, 3.63) is 18.2 Å². The van der Waals surface area contributed by atoms with E-state index in [9.17, 15) is 13.2 Å². The van der Waals surface area contributed by atoms with Crippen LogP contribution >= 0.6 is 0 Å². The number of hydrogen-bond acceptors (Lipinski definition) is 5. The van der Waals surface area contributed by atoms with Crippen LogP contribution in [-0.4, -0.2) is 53.0 Å². The summed E-state index contributed by atoms with van der Waals surface area (Å²) in [5.74, 6) is 0.701. The minimum atomic E-state index is -3.79. The Morgan fingerprint density at radius 2 is 1.83 bits per heavy atom. The lowest BCUT2D eigenvalue weighted by atomic mass is 10.2. The molecule has 0 saturated heterocycles. The van der Waals surface area contributed by atoms with E-state index in [-0.39, 0.29) is 17.3 Å². The third kappa shape index (κ3) is 5.11. The molecule has 0 atom stereocenters. The van der Waals surface area contributed by atoms with Crippen molar-refractivity contribution in [1.82, 2.24) is 9.62 Å². The molecule has 1 aromatic rings. The minimum Gasteiger partial charge on any atom is -0.493 e. The van der Waals surface area contributed by atoms with E-state index in [0.717, 1.165) is 4.31 Å². The smallest absolute Gasteiger partial charge is 0.243 e. The second kappa shape index (κ2) is 8.16. The highest BCUT2D eigenvalue weighted by atomic mass is 32.2. The van der Waals surface area contributed by atoms with Crippen LogP contribution in [0.5, 0.6) is 11.5 Å². The first kappa shape index (κ1) is 19.2. The number of benzene rings is 1. The maximum atomic E-state index is 12.5. The number of nitrogens with zero attached hydrogens (tertiary/aromatic N) is 1. The molecule has 0 saturated carbocycles. The highest BCUT2D eigenvalue weighted by Crippen LogP contribution is 2.30. The van der Waals surface area contributed by atoms with E-state index in [2.05, 4.69) is 5.32 Å². The standard InChI is InChI=1S/C15H24N2O5S/c1-11(2)9-16-15(18)10-17(3)23(19,20)12-6-7-13(21-4)14(8-12)22-5/h6-8,11H,9-10H2,1-5H3,(H,16,18). The molecule has 8 heteroatoms. The summed E-state index contributed by atoms with van der Waals surface area (Å²) < 4.78 is 36.2. The third-order valence-electron chi connectivity index (χ3n) is 3.14. The Balaban J connectivity index is 2.91. The van der Waals surface area contributed by atoms with Gasteiger partial charge in [-0.2, -0.15) is 4.31 Å². The minimum absolute atomic E-state index is 0.0364. The Hall–Kier alpha value is -1.80. The summed E-state index contributed by atoms with van der Waals surface area (Å²) in [5.41, 5.74) is 0. The molecule has 1 rings (SSSR count). The molecule has 0 heterocycles. The molecule has 1 amide bonds. The highest BCUT2D eigenvalue weighted by molar-refractivity contribution is 7.89. The van der Waals surface area contributed by atoms with E-state index in [0.29, 0.717) is 24.0 Å². The Bertz CT molecular complexity index is 643. The van der Waals surface area contributed by atoms with Crippen molar-refractivity contribution in [2.24, 2.45) is 5.92 Å². The topological polar surface area (TPSA) is 84.9 Å². The molecule has 23 heavy (non-hydrogen) atoms. The van der Waals surface area contributed by atoms with E-state index in [1.807, 2.05) is 13.8 Å². The van der Waals surface area contributed by atoms with Crippen LogP contribution in [0.15, 0.2) is 23.1 Å². The van der Waals surface area contributed by atoms with E-state index in [1.165, 1.54) is 39.5 Å². The van der Waals surface area contributed by atoms with Crippen molar-refractivity contribution >= 4 is 15.9 Å². The maximum absolute atomic E-state index is 12.5. The van der Waals surface area contributed by atoms with E-state index in [4.69, 9.17) is 9.47 Å². The van der Waals surface area contributed by atoms with E-state index < -0.39 is 10.0 Å². The first-order valence-electron chi connectivity index (χ1n) is 7.17. The molecule has 0 aliphatic carbocycles. The molecular formula is C15H24N2O5S. The molecule has 0 fully saturated rings. The molecule has 0 aromatic heterocycles. The molecule has 0 unspecified atom stereocenters. The number of sulfonamides is 1. The predicted molar refractivity (Wildman–Crippen MR) is 87.2 cm³/mol. The number of rotatable bonds is 8. The molecular weight excluding hydrogens is 320 g/mol. The van der Waals surface area contributed by atoms with Gasteiger partial charge in [0.2, 0.25) is 15.9 Å². The average molecular weight is 344 g/mol. The Labute approximate surface area is 137 Å². The van der Waals surface area contributed by atoms with Crippen molar-refractivity contribution in [3.63, 3.8) is 0 Å². The van der Waals surface area contributed by atoms with Crippen molar-refractivity contribution < 1.29 is 22.7 Å². The summed E-state index contributed by atoms with van der Waals surface area (Å²) in [7, 11) is 0.466. The fourth-order valence-electron chi connectivity index (χ4n) is 1.82. The van der Waals surface area contributed by atoms with Gasteiger partial charge in [-0.25, -0.2) is 8.42 Å². The quantitative estimate of drug-likeness (QED) is 0.763. The summed E-state index contributed by atoms with van der Waals surface area (Å²) in [5, 5.41) is 2.69. The van der Waals surface area contributed by atoms with Gasteiger partial charge in [0.25, 0.3) is 0 Å². The van der Waals surface area contributed by atoms with Gasteiger partial charge >= 0.3 is 0 Å². The van der Waals surface area contributed by atoms with Crippen LogP contribution in [0.2, 0.25) is 0 Å². The molecule has 0 aliphatic rings. The van der Waals surface area contributed by atoms with Crippen molar-refractivity contribution in [2.75, 3.05) is 34.4 Å². The second-order valence-corrected chi connectivity index (χ2v) is 7.52. The van der Waals surface area contributed by atoms with E-state index in [1.54, 1.807) is 0 Å². The number of methoxy groups -OCH3 is 2. The molecule has 0 aliphatic heterocycles. The van der Waals surface area contributed by atoms with Gasteiger partial charge in [0.05, 0.1) is 25.7 Å². The monoisotopic (exact) mass is 344 g/mol. The number of ether oxygens (including phenoxy) is 2. The van der Waals surface area contributed by atoms with Gasteiger partial charge < -0.3 is 14.8 Å².